The molecule has 0 saturated carbocycles. The molecule has 0 aliphatic carbocycles. The lowest BCUT2D eigenvalue weighted by molar-refractivity contribution is -0.145. The van der Waals surface area contributed by atoms with E-state index in [9.17, 15) is 13.2 Å². The molecule has 0 amide bonds. The fourth-order valence-corrected chi connectivity index (χ4v) is 2.03. The molecule has 0 fully saturated rings. The van der Waals surface area contributed by atoms with Crippen LogP contribution in [-0.4, -0.2) is 37.3 Å². The molecule has 0 unspecified atom stereocenters. The van der Waals surface area contributed by atoms with Crippen molar-refractivity contribution < 1.29 is 13.2 Å². The van der Waals surface area contributed by atoms with Crippen LogP contribution >= 0.6 is 15.9 Å². The van der Waals surface area contributed by atoms with Gasteiger partial charge in [0.2, 0.25) is 0 Å². The van der Waals surface area contributed by atoms with Gasteiger partial charge in [-0.05, 0) is 37.2 Å². The maximum absolute atomic E-state index is 12.4. The molecule has 6 heteroatoms. The average Bonchev–Trinajstić information content (AvgIpc) is 2.30. The summed E-state index contributed by atoms with van der Waals surface area (Å²) in [5.74, 6) is 0. The monoisotopic (exact) mass is 338 g/mol. The van der Waals surface area contributed by atoms with Crippen LogP contribution in [-0.2, 0) is 0 Å². The zero-order valence-corrected chi connectivity index (χ0v) is 12.4. The number of nitrogens with one attached hydrogen (secondary N) is 1. The van der Waals surface area contributed by atoms with Crippen molar-refractivity contribution in [1.29, 1.82) is 0 Å². The van der Waals surface area contributed by atoms with Crippen LogP contribution in [0.15, 0.2) is 28.7 Å². The fraction of sp³-hybridized carbons (Fsp3) is 0.538. The van der Waals surface area contributed by atoms with Gasteiger partial charge in [0.1, 0.15) is 0 Å². The number of alkyl halides is 3. The predicted molar refractivity (Wildman–Crippen MR) is 75.4 cm³/mol. The van der Waals surface area contributed by atoms with E-state index in [1.54, 1.807) is 0 Å². The molecule has 19 heavy (non-hydrogen) atoms. The minimum Gasteiger partial charge on any atom is -0.384 e. The van der Waals surface area contributed by atoms with Crippen molar-refractivity contribution in [3.8, 4) is 0 Å². The van der Waals surface area contributed by atoms with E-state index in [-0.39, 0.29) is 0 Å². The number of hydrogen-bond donors (Lipinski definition) is 1. The van der Waals surface area contributed by atoms with E-state index in [1.165, 1.54) is 4.90 Å². The average molecular weight is 339 g/mol. The van der Waals surface area contributed by atoms with Gasteiger partial charge in [-0.1, -0.05) is 22.9 Å². The molecule has 0 bridgehead atoms. The van der Waals surface area contributed by atoms with Gasteiger partial charge in [0.15, 0.2) is 0 Å². The van der Waals surface area contributed by atoms with Crippen molar-refractivity contribution in [2.24, 2.45) is 0 Å². The van der Waals surface area contributed by atoms with Crippen LogP contribution in [0, 0.1) is 0 Å². The van der Waals surface area contributed by atoms with Gasteiger partial charge in [-0.3, -0.25) is 4.90 Å². The number of benzene rings is 1. The van der Waals surface area contributed by atoms with Gasteiger partial charge in [0.25, 0.3) is 0 Å². The van der Waals surface area contributed by atoms with E-state index >= 15 is 0 Å². The summed E-state index contributed by atoms with van der Waals surface area (Å²) in [5, 5.41) is 3.12. The number of nitrogens with zero attached hydrogens (tertiary/aromatic N) is 1. The Balaban J connectivity index is 2.37. The normalized spacial score (nSPS) is 11.9. The maximum Gasteiger partial charge on any atom is 0.401 e. The molecule has 0 saturated heterocycles. The van der Waals surface area contributed by atoms with Gasteiger partial charge in [0, 0.05) is 23.2 Å². The molecule has 0 heterocycles. The molecule has 1 N–H and O–H groups in total. The highest BCUT2D eigenvalue weighted by Crippen LogP contribution is 2.17. The van der Waals surface area contributed by atoms with Gasteiger partial charge < -0.3 is 5.32 Å². The fourth-order valence-electron chi connectivity index (χ4n) is 1.77. The molecule has 0 aliphatic heterocycles. The van der Waals surface area contributed by atoms with Gasteiger partial charge in [-0.2, -0.15) is 13.2 Å². The van der Waals surface area contributed by atoms with Gasteiger partial charge in [-0.25, -0.2) is 0 Å². The molecule has 1 rings (SSSR count). The lowest BCUT2D eigenvalue weighted by Crippen LogP contribution is -2.37. The molecule has 0 atom stereocenters. The van der Waals surface area contributed by atoms with E-state index in [0.29, 0.717) is 26.1 Å². The third-order valence-corrected chi connectivity index (χ3v) is 3.07. The third kappa shape index (κ3) is 7.42. The molecule has 2 nitrogen and oxygen atoms in total. The van der Waals surface area contributed by atoms with Crippen LogP contribution < -0.4 is 5.32 Å². The Bertz CT molecular complexity index is 365. The number of anilines is 1. The largest absolute Gasteiger partial charge is 0.401 e. The second-order valence-electron chi connectivity index (χ2n) is 4.32. The lowest BCUT2D eigenvalue weighted by Gasteiger charge is -2.23. The molecular weight excluding hydrogens is 321 g/mol. The van der Waals surface area contributed by atoms with Crippen LogP contribution in [0.25, 0.3) is 0 Å². The summed E-state index contributed by atoms with van der Waals surface area (Å²) >= 11 is 3.33. The Morgan fingerprint density at radius 2 is 1.79 bits per heavy atom. The zero-order valence-electron chi connectivity index (χ0n) is 10.8. The van der Waals surface area contributed by atoms with E-state index < -0.39 is 12.7 Å². The second-order valence-corrected chi connectivity index (χ2v) is 5.24. The minimum atomic E-state index is -4.13. The third-order valence-electron chi connectivity index (χ3n) is 2.54. The molecule has 0 aliphatic rings. The zero-order chi connectivity index (χ0) is 14.3. The predicted octanol–water partition coefficient (Wildman–Crippen LogP) is 4.14. The quantitative estimate of drug-likeness (QED) is 0.803. The Labute approximate surface area is 120 Å². The first-order valence-electron chi connectivity index (χ1n) is 6.19. The molecule has 0 spiro atoms. The summed E-state index contributed by atoms with van der Waals surface area (Å²) in [6.45, 7) is 2.37. The van der Waals surface area contributed by atoms with Crippen molar-refractivity contribution in [2.75, 3.05) is 31.5 Å². The summed E-state index contributed by atoms with van der Waals surface area (Å²) in [6.07, 6.45) is -3.42. The molecule has 108 valence electrons. The number of hydrogen-bond acceptors (Lipinski definition) is 2. The highest BCUT2D eigenvalue weighted by molar-refractivity contribution is 9.10. The summed E-state index contributed by atoms with van der Waals surface area (Å²) < 4.78 is 38.0. The summed E-state index contributed by atoms with van der Waals surface area (Å²) in [7, 11) is 0. The number of rotatable bonds is 7. The molecule has 0 aromatic heterocycles. The number of halogens is 4. The van der Waals surface area contributed by atoms with E-state index in [4.69, 9.17) is 0 Å². The van der Waals surface area contributed by atoms with E-state index in [2.05, 4.69) is 21.2 Å². The van der Waals surface area contributed by atoms with Crippen molar-refractivity contribution in [2.45, 2.75) is 19.5 Å². The van der Waals surface area contributed by atoms with Crippen molar-refractivity contribution in [3.05, 3.63) is 28.7 Å². The Hall–Kier alpha value is -0.750. The van der Waals surface area contributed by atoms with Crippen molar-refractivity contribution in [3.63, 3.8) is 0 Å². The molecule has 1 aromatic rings. The van der Waals surface area contributed by atoms with Gasteiger partial charge >= 0.3 is 6.18 Å². The summed E-state index contributed by atoms with van der Waals surface area (Å²) in [5.41, 5.74) is 0.909. The summed E-state index contributed by atoms with van der Waals surface area (Å²) in [4.78, 5) is 1.42. The van der Waals surface area contributed by atoms with Crippen LogP contribution in [0.1, 0.15) is 13.3 Å². The molecule has 1 aromatic carbocycles. The highest BCUT2D eigenvalue weighted by atomic mass is 79.9. The molecule has 0 radical (unpaired) electrons. The highest BCUT2D eigenvalue weighted by Gasteiger charge is 2.29. The van der Waals surface area contributed by atoms with E-state index in [1.807, 2.05) is 31.2 Å². The van der Waals surface area contributed by atoms with E-state index in [0.717, 1.165) is 10.2 Å². The SMILES string of the molecule is CCCN(CCNc1ccc(Br)cc1)CC(F)(F)F. The van der Waals surface area contributed by atoms with Gasteiger partial charge in [0.05, 0.1) is 6.54 Å². The first kappa shape index (κ1) is 16.3. The first-order valence-corrected chi connectivity index (χ1v) is 6.98. The van der Waals surface area contributed by atoms with Crippen molar-refractivity contribution in [1.82, 2.24) is 4.90 Å². The maximum atomic E-state index is 12.4. The topological polar surface area (TPSA) is 15.3 Å². The molecular formula is C13H18BrF3N2. The van der Waals surface area contributed by atoms with Crippen LogP contribution in [0.5, 0.6) is 0 Å². The van der Waals surface area contributed by atoms with Gasteiger partial charge in [-0.15, -0.1) is 0 Å². The van der Waals surface area contributed by atoms with Crippen LogP contribution in [0.4, 0.5) is 18.9 Å². The first-order chi connectivity index (χ1) is 8.90. The van der Waals surface area contributed by atoms with Crippen LogP contribution in [0.3, 0.4) is 0 Å². The van der Waals surface area contributed by atoms with Crippen LogP contribution in [0.2, 0.25) is 0 Å². The van der Waals surface area contributed by atoms with Crippen molar-refractivity contribution >= 4 is 21.6 Å². The standard InChI is InChI=1S/C13H18BrF3N2/c1-2-8-19(10-13(15,16)17)9-7-18-12-5-3-11(14)4-6-12/h3-6,18H,2,7-10H2,1H3. The Morgan fingerprint density at radius 3 is 2.32 bits per heavy atom. The Kier molecular flexibility index (Phi) is 6.65. The lowest BCUT2D eigenvalue weighted by atomic mass is 10.3. The Morgan fingerprint density at radius 1 is 1.16 bits per heavy atom. The smallest absolute Gasteiger partial charge is 0.384 e. The summed E-state index contributed by atoms with van der Waals surface area (Å²) in [6, 6.07) is 7.56. The second kappa shape index (κ2) is 7.75. The minimum absolute atomic E-state index is 0.378.